The maximum atomic E-state index is 12.2. The summed E-state index contributed by atoms with van der Waals surface area (Å²) >= 11 is 1.46. The molecule has 0 unspecified atom stereocenters. The van der Waals surface area contributed by atoms with E-state index in [4.69, 9.17) is 0 Å². The Hall–Kier alpha value is -1.56. The third kappa shape index (κ3) is 3.07. The van der Waals surface area contributed by atoms with Crippen LogP contribution in [0.15, 0.2) is 29.4 Å². The highest BCUT2D eigenvalue weighted by Crippen LogP contribution is 2.22. The van der Waals surface area contributed by atoms with Gasteiger partial charge in [0.25, 0.3) is 0 Å². The zero-order chi connectivity index (χ0) is 13.9. The van der Waals surface area contributed by atoms with Crippen molar-refractivity contribution in [1.82, 2.24) is 15.2 Å². The minimum absolute atomic E-state index is 0.0123. The molecule has 5 nitrogen and oxygen atoms in total. The van der Waals surface area contributed by atoms with Crippen molar-refractivity contribution in [3.05, 3.63) is 24.5 Å². The van der Waals surface area contributed by atoms with Crippen molar-refractivity contribution in [3.63, 3.8) is 0 Å². The summed E-state index contributed by atoms with van der Waals surface area (Å²) in [5.41, 5.74) is -0.770. The largest absolute Gasteiger partial charge is 0.352 e. The van der Waals surface area contributed by atoms with E-state index in [0.717, 1.165) is 4.90 Å². The Morgan fingerprint density at radius 2 is 2.16 bits per heavy atom. The molecule has 2 rings (SSSR count). The van der Waals surface area contributed by atoms with E-state index in [2.05, 4.69) is 10.3 Å². The van der Waals surface area contributed by atoms with Crippen LogP contribution in [0.1, 0.15) is 13.8 Å². The number of carbonyl (C=O) groups is 2. The van der Waals surface area contributed by atoms with E-state index >= 15 is 0 Å². The Kier molecular flexibility index (Phi) is 4.09. The molecule has 19 heavy (non-hydrogen) atoms. The maximum absolute atomic E-state index is 12.2. The molecule has 0 radical (unpaired) electrons. The number of nitrogens with one attached hydrogen (secondary N) is 1. The molecule has 1 aromatic heterocycles. The summed E-state index contributed by atoms with van der Waals surface area (Å²) < 4.78 is 0. The van der Waals surface area contributed by atoms with Gasteiger partial charge in [-0.2, -0.15) is 0 Å². The minimum Gasteiger partial charge on any atom is -0.352 e. The van der Waals surface area contributed by atoms with E-state index in [1.165, 1.54) is 11.8 Å². The van der Waals surface area contributed by atoms with Crippen LogP contribution in [0.2, 0.25) is 0 Å². The lowest BCUT2D eigenvalue weighted by Gasteiger charge is -2.41. The molecule has 1 saturated heterocycles. The Balaban J connectivity index is 1.98. The first-order chi connectivity index (χ1) is 9.01. The zero-order valence-electron chi connectivity index (χ0n) is 11.0. The molecule has 1 aromatic rings. The molecule has 0 atom stereocenters. The van der Waals surface area contributed by atoms with Crippen LogP contribution in [-0.2, 0) is 9.59 Å². The number of carbonyl (C=O) groups excluding carboxylic acids is 2. The second-order valence-electron chi connectivity index (χ2n) is 4.83. The fourth-order valence-corrected chi connectivity index (χ4v) is 2.75. The topological polar surface area (TPSA) is 62.3 Å². The van der Waals surface area contributed by atoms with E-state index in [0.29, 0.717) is 18.8 Å². The minimum atomic E-state index is -0.770. The molecule has 1 aliphatic rings. The average Bonchev–Trinajstić information content (AvgIpc) is 2.40. The van der Waals surface area contributed by atoms with Gasteiger partial charge in [0.05, 0.1) is 5.75 Å². The summed E-state index contributed by atoms with van der Waals surface area (Å²) in [6, 6.07) is 3.73. The molecule has 102 valence electrons. The number of thioether (sulfide) groups is 1. The van der Waals surface area contributed by atoms with Crippen molar-refractivity contribution >= 4 is 23.6 Å². The fourth-order valence-electron chi connectivity index (χ4n) is 1.99. The first-order valence-corrected chi connectivity index (χ1v) is 7.12. The first-order valence-electron chi connectivity index (χ1n) is 6.13. The molecule has 2 amide bonds. The van der Waals surface area contributed by atoms with Gasteiger partial charge >= 0.3 is 0 Å². The van der Waals surface area contributed by atoms with Gasteiger partial charge in [0, 0.05) is 30.4 Å². The molecule has 1 aliphatic heterocycles. The SMILES string of the molecule is CC1(C)C(=O)NCCN1C(=O)CSc1ccncc1. The quantitative estimate of drug-likeness (QED) is 0.836. The van der Waals surface area contributed by atoms with Crippen molar-refractivity contribution in [2.24, 2.45) is 0 Å². The summed E-state index contributed by atoms with van der Waals surface area (Å²) in [6.07, 6.45) is 3.40. The maximum Gasteiger partial charge on any atom is 0.245 e. The number of hydrogen-bond donors (Lipinski definition) is 1. The van der Waals surface area contributed by atoms with Crippen LogP contribution in [0.25, 0.3) is 0 Å². The molecule has 1 fully saturated rings. The summed E-state index contributed by atoms with van der Waals surface area (Å²) in [6.45, 7) is 4.63. The van der Waals surface area contributed by atoms with E-state index in [1.807, 2.05) is 12.1 Å². The molecule has 1 N–H and O–H groups in total. The highest BCUT2D eigenvalue weighted by molar-refractivity contribution is 8.00. The van der Waals surface area contributed by atoms with Gasteiger partial charge in [-0.25, -0.2) is 0 Å². The highest BCUT2D eigenvalue weighted by Gasteiger charge is 2.40. The van der Waals surface area contributed by atoms with Crippen molar-refractivity contribution < 1.29 is 9.59 Å². The van der Waals surface area contributed by atoms with Crippen molar-refractivity contribution in [3.8, 4) is 0 Å². The Morgan fingerprint density at radius 3 is 2.84 bits per heavy atom. The van der Waals surface area contributed by atoms with E-state index in [9.17, 15) is 9.59 Å². The van der Waals surface area contributed by atoms with Crippen molar-refractivity contribution in [2.45, 2.75) is 24.3 Å². The molecular weight excluding hydrogens is 262 g/mol. The number of rotatable bonds is 3. The lowest BCUT2D eigenvalue weighted by atomic mass is 9.99. The van der Waals surface area contributed by atoms with Crippen LogP contribution in [-0.4, -0.2) is 46.1 Å². The van der Waals surface area contributed by atoms with Gasteiger partial charge in [-0.1, -0.05) is 0 Å². The van der Waals surface area contributed by atoms with Gasteiger partial charge in [-0.3, -0.25) is 14.6 Å². The number of hydrogen-bond acceptors (Lipinski definition) is 4. The van der Waals surface area contributed by atoms with Crippen molar-refractivity contribution in [2.75, 3.05) is 18.8 Å². The normalized spacial score (nSPS) is 18.0. The summed E-state index contributed by atoms with van der Waals surface area (Å²) in [5.74, 6) is 0.225. The van der Waals surface area contributed by atoms with Gasteiger partial charge < -0.3 is 10.2 Å². The molecule has 0 aromatic carbocycles. The van der Waals surface area contributed by atoms with Crippen LogP contribution in [0.5, 0.6) is 0 Å². The first kappa shape index (κ1) is 13.9. The Morgan fingerprint density at radius 1 is 1.47 bits per heavy atom. The zero-order valence-corrected chi connectivity index (χ0v) is 11.9. The number of aromatic nitrogens is 1. The Labute approximate surface area is 116 Å². The standard InChI is InChI=1S/C13H17N3O2S/c1-13(2)12(18)15-7-8-16(13)11(17)9-19-10-3-5-14-6-4-10/h3-6H,7-9H2,1-2H3,(H,15,18). The molecular formula is C13H17N3O2S. The third-order valence-electron chi connectivity index (χ3n) is 3.16. The molecule has 0 bridgehead atoms. The van der Waals surface area contributed by atoms with Gasteiger partial charge in [0.15, 0.2) is 0 Å². The van der Waals surface area contributed by atoms with Gasteiger partial charge in [0.1, 0.15) is 5.54 Å². The number of piperazine rings is 1. The van der Waals surface area contributed by atoms with Crippen LogP contribution < -0.4 is 5.32 Å². The van der Waals surface area contributed by atoms with E-state index < -0.39 is 5.54 Å². The smallest absolute Gasteiger partial charge is 0.245 e. The second-order valence-corrected chi connectivity index (χ2v) is 5.88. The Bertz CT molecular complexity index is 476. The van der Waals surface area contributed by atoms with Crippen LogP contribution in [0.4, 0.5) is 0 Å². The number of pyridine rings is 1. The molecule has 6 heteroatoms. The summed E-state index contributed by atoms with van der Waals surface area (Å²) in [5, 5.41) is 2.78. The van der Waals surface area contributed by atoms with Gasteiger partial charge in [0.2, 0.25) is 11.8 Å². The summed E-state index contributed by atoms with van der Waals surface area (Å²) in [4.78, 5) is 30.6. The monoisotopic (exact) mass is 279 g/mol. The van der Waals surface area contributed by atoms with E-state index in [-0.39, 0.29) is 11.8 Å². The molecule has 0 saturated carbocycles. The lowest BCUT2D eigenvalue weighted by Crippen LogP contribution is -2.63. The van der Waals surface area contributed by atoms with E-state index in [1.54, 1.807) is 31.1 Å². The van der Waals surface area contributed by atoms with Gasteiger partial charge in [-0.15, -0.1) is 11.8 Å². The van der Waals surface area contributed by atoms with Crippen LogP contribution >= 0.6 is 11.8 Å². The van der Waals surface area contributed by atoms with Crippen molar-refractivity contribution in [1.29, 1.82) is 0 Å². The fraction of sp³-hybridized carbons (Fsp3) is 0.462. The second kappa shape index (κ2) is 5.61. The number of nitrogens with zero attached hydrogens (tertiary/aromatic N) is 2. The van der Waals surface area contributed by atoms with Gasteiger partial charge in [-0.05, 0) is 26.0 Å². The highest BCUT2D eigenvalue weighted by atomic mass is 32.2. The molecule has 0 spiro atoms. The molecule has 2 heterocycles. The molecule has 0 aliphatic carbocycles. The third-order valence-corrected chi connectivity index (χ3v) is 4.16. The van der Waals surface area contributed by atoms with Crippen LogP contribution in [0, 0.1) is 0 Å². The predicted molar refractivity (Wildman–Crippen MR) is 73.8 cm³/mol. The lowest BCUT2D eigenvalue weighted by molar-refractivity contribution is -0.147. The summed E-state index contributed by atoms with van der Waals surface area (Å²) in [7, 11) is 0. The van der Waals surface area contributed by atoms with Crippen LogP contribution in [0.3, 0.4) is 0 Å². The number of amides is 2. The predicted octanol–water partition coefficient (Wildman–Crippen LogP) is 0.911. The average molecular weight is 279 g/mol.